The lowest BCUT2D eigenvalue weighted by Gasteiger charge is -2.32. The van der Waals surface area contributed by atoms with Gasteiger partial charge in [-0.25, -0.2) is 9.97 Å². The summed E-state index contributed by atoms with van der Waals surface area (Å²) < 4.78 is 0. The van der Waals surface area contributed by atoms with Crippen molar-refractivity contribution in [1.29, 1.82) is 5.26 Å². The van der Waals surface area contributed by atoms with Crippen LogP contribution in [0.25, 0.3) is 21.7 Å². The van der Waals surface area contributed by atoms with Gasteiger partial charge >= 0.3 is 0 Å². The van der Waals surface area contributed by atoms with Gasteiger partial charge in [0.2, 0.25) is 0 Å². The zero-order valence-electron chi connectivity index (χ0n) is 17.9. The van der Waals surface area contributed by atoms with E-state index in [1.165, 1.54) is 11.3 Å². The van der Waals surface area contributed by atoms with Crippen molar-refractivity contribution in [2.24, 2.45) is 5.92 Å². The van der Waals surface area contributed by atoms with Crippen molar-refractivity contribution in [2.75, 3.05) is 23.3 Å². The van der Waals surface area contributed by atoms with Crippen LogP contribution in [-0.2, 0) is 0 Å². The van der Waals surface area contributed by atoms with Gasteiger partial charge in [-0.15, -0.1) is 0 Å². The van der Waals surface area contributed by atoms with Gasteiger partial charge in [0.15, 0.2) is 15.6 Å². The summed E-state index contributed by atoms with van der Waals surface area (Å²) in [6.07, 6.45) is 8.44. The summed E-state index contributed by atoms with van der Waals surface area (Å²) in [5.41, 5.74) is 4.16. The number of piperidine rings is 1. The molecule has 5 rings (SSSR count). The summed E-state index contributed by atoms with van der Waals surface area (Å²) in [6, 6.07) is 7.98. The minimum absolute atomic E-state index is 0.0425. The van der Waals surface area contributed by atoms with E-state index < -0.39 is 0 Å². The lowest BCUT2D eigenvalue weighted by Crippen LogP contribution is -2.36. The number of thiazole rings is 1. The van der Waals surface area contributed by atoms with E-state index in [0.717, 1.165) is 36.3 Å². The van der Waals surface area contributed by atoms with Gasteiger partial charge in [-0.05, 0) is 38.0 Å². The average molecular weight is 457 g/mol. The fourth-order valence-electron chi connectivity index (χ4n) is 3.88. The second kappa shape index (κ2) is 8.88. The Balaban J connectivity index is 1.41. The molecule has 1 aliphatic rings. The first-order chi connectivity index (χ1) is 16.1. The van der Waals surface area contributed by atoms with Crippen LogP contribution in [0, 0.1) is 24.2 Å². The van der Waals surface area contributed by atoms with Crippen LogP contribution in [0.15, 0.2) is 43.0 Å². The molecule has 0 bridgehead atoms. The molecule has 164 valence electrons. The number of aromatic nitrogens is 5. The minimum Gasteiger partial charge on any atom is -0.369 e. The molecular weight excluding hydrogens is 436 g/mol. The molecule has 9 nitrogen and oxygen atoms in total. The second-order valence-corrected chi connectivity index (χ2v) is 8.83. The molecule has 0 aromatic carbocycles. The number of pyridine rings is 2. The quantitative estimate of drug-likeness (QED) is 0.492. The van der Waals surface area contributed by atoms with Crippen molar-refractivity contribution in [3.63, 3.8) is 0 Å². The number of amides is 1. The van der Waals surface area contributed by atoms with E-state index in [1.54, 1.807) is 24.8 Å². The fourth-order valence-corrected chi connectivity index (χ4v) is 4.68. The van der Waals surface area contributed by atoms with Crippen molar-refractivity contribution in [1.82, 2.24) is 24.9 Å². The maximum Gasteiger partial charge on any atom is 0.261 e. The Morgan fingerprint density at radius 1 is 1.24 bits per heavy atom. The predicted octanol–water partition coefficient (Wildman–Crippen LogP) is 3.84. The third-order valence-corrected chi connectivity index (χ3v) is 6.38. The highest BCUT2D eigenvalue weighted by atomic mass is 32.1. The van der Waals surface area contributed by atoms with E-state index in [1.807, 2.05) is 25.1 Å². The molecule has 4 aromatic rings. The van der Waals surface area contributed by atoms with Gasteiger partial charge in [-0.1, -0.05) is 11.3 Å². The van der Waals surface area contributed by atoms with Gasteiger partial charge < -0.3 is 4.90 Å². The number of fused-ring (bicyclic) bond motifs is 1. The van der Waals surface area contributed by atoms with Crippen LogP contribution < -0.4 is 10.2 Å². The highest BCUT2D eigenvalue weighted by Crippen LogP contribution is 2.29. The summed E-state index contributed by atoms with van der Waals surface area (Å²) >= 11 is 1.27. The lowest BCUT2D eigenvalue weighted by molar-refractivity contribution is 0.102. The average Bonchev–Trinajstić information content (AvgIpc) is 3.26. The van der Waals surface area contributed by atoms with Crippen LogP contribution in [0.1, 0.15) is 28.9 Å². The maximum atomic E-state index is 13.2. The van der Waals surface area contributed by atoms with E-state index in [-0.39, 0.29) is 11.8 Å². The molecule has 1 saturated heterocycles. The topological polar surface area (TPSA) is 121 Å². The van der Waals surface area contributed by atoms with E-state index in [9.17, 15) is 10.1 Å². The van der Waals surface area contributed by atoms with Crippen LogP contribution in [0.4, 0.5) is 10.8 Å². The number of hydrogen-bond donors (Lipinski definition) is 1. The van der Waals surface area contributed by atoms with Crippen molar-refractivity contribution < 1.29 is 4.79 Å². The zero-order valence-corrected chi connectivity index (χ0v) is 18.7. The Hall–Kier alpha value is -3.97. The monoisotopic (exact) mass is 456 g/mol. The van der Waals surface area contributed by atoms with Crippen molar-refractivity contribution in [3.05, 3.63) is 54.2 Å². The van der Waals surface area contributed by atoms with Crippen LogP contribution in [0.5, 0.6) is 0 Å². The first-order valence-corrected chi connectivity index (χ1v) is 11.4. The van der Waals surface area contributed by atoms with Crippen LogP contribution >= 0.6 is 11.3 Å². The summed E-state index contributed by atoms with van der Waals surface area (Å²) in [4.78, 5) is 37.7. The van der Waals surface area contributed by atoms with Gasteiger partial charge in [0.05, 0.1) is 35.1 Å². The van der Waals surface area contributed by atoms with E-state index in [4.69, 9.17) is 0 Å². The third-order valence-electron chi connectivity index (χ3n) is 5.53. The summed E-state index contributed by atoms with van der Waals surface area (Å²) in [6.45, 7) is 3.30. The predicted molar refractivity (Wildman–Crippen MR) is 126 cm³/mol. The first kappa shape index (κ1) is 20.9. The molecule has 0 spiro atoms. The van der Waals surface area contributed by atoms with Crippen LogP contribution in [0.3, 0.4) is 0 Å². The number of aryl methyl sites for hydroxylation is 1. The van der Waals surface area contributed by atoms with Gasteiger partial charge in [-0.3, -0.25) is 20.1 Å². The molecule has 0 saturated carbocycles. The molecule has 1 aliphatic heterocycles. The van der Waals surface area contributed by atoms with Gasteiger partial charge in [0.25, 0.3) is 5.91 Å². The number of anilines is 2. The smallest absolute Gasteiger partial charge is 0.261 e. The molecule has 0 aliphatic carbocycles. The molecule has 0 radical (unpaired) electrons. The summed E-state index contributed by atoms with van der Waals surface area (Å²) in [7, 11) is 0. The Bertz CT molecular complexity index is 1360. The fraction of sp³-hybridized carbons (Fsp3) is 0.261. The van der Waals surface area contributed by atoms with E-state index in [2.05, 4.69) is 41.2 Å². The number of carbonyl (C=O) groups is 1. The Kier molecular flexibility index (Phi) is 5.62. The molecule has 5 heterocycles. The highest BCUT2D eigenvalue weighted by molar-refractivity contribution is 7.21. The zero-order chi connectivity index (χ0) is 22.8. The molecule has 4 aromatic heterocycles. The molecule has 0 unspecified atom stereocenters. The first-order valence-electron chi connectivity index (χ1n) is 10.6. The number of rotatable bonds is 4. The van der Waals surface area contributed by atoms with E-state index in [0.29, 0.717) is 33.4 Å². The highest BCUT2D eigenvalue weighted by Gasteiger charge is 2.24. The number of nitrogens with zero attached hydrogens (tertiary/aromatic N) is 7. The summed E-state index contributed by atoms with van der Waals surface area (Å²) in [5, 5.41) is 12.7. The number of nitrogens with one attached hydrogen (secondary N) is 1. The molecular formula is C23H20N8OS. The SMILES string of the molecule is Cc1cc(N2CCC[C@H](C#N)C2)c(C(=O)Nc2nc3ncc(-c4ccncc4)nc3s2)cn1. The number of carbonyl (C=O) groups excluding carboxylic acids is 1. The largest absolute Gasteiger partial charge is 0.369 e. The van der Waals surface area contributed by atoms with Crippen LogP contribution in [-0.4, -0.2) is 43.9 Å². The number of nitriles is 1. The standard InChI is InChI=1S/C23H20N8OS/c1-14-9-19(31-8-2-3-15(10-24)13-31)17(11-26-14)21(32)30-23-29-20-22(33-23)28-18(12-27-20)16-4-6-25-7-5-16/h4-7,9,11-12,15H,2-3,8,13H2,1H3,(H,27,29,30,32)/t15-/m1/s1. The van der Waals surface area contributed by atoms with Gasteiger partial charge in [0, 0.05) is 42.9 Å². The second-order valence-electron chi connectivity index (χ2n) is 7.85. The molecule has 1 fully saturated rings. The molecule has 1 atom stereocenters. The third kappa shape index (κ3) is 4.36. The minimum atomic E-state index is -0.301. The lowest BCUT2D eigenvalue weighted by atomic mass is 9.98. The molecule has 1 N–H and O–H groups in total. The van der Waals surface area contributed by atoms with Crippen molar-refractivity contribution in [2.45, 2.75) is 19.8 Å². The van der Waals surface area contributed by atoms with Crippen molar-refractivity contribution in [3.8, 4) is 17.3 Å². The van der Waals surface area contributed by atoms with Gasteiger partial charge in [-0.2, -0.15) is 10.2 Å². The van der Waals surface area contributed by atoms with E-state index >= 15 is 0 Å². The molecule has 33 heavy (non-hydrogen) atoms. The molecule has 10 heteroatoms. The Morgan fingerprint density at radius 2 is 2.09 bits per heavy atom. The Labute approximate surface area is 194 Å². The Morgan fingerprint density at radius 3 is 2.91 bits per heavy atom. The van der Waals surface area contributed by atoms with Crippen molar-refractivity contribution >= 4 is 38.5 Å². The summed E-state index contributed by atoms with van der Waals surface area (Å²) in [5.74, 6) is -0.343. The van der Waals surface area contributed by atoms with Gasteiger partial charge in [0.1, 0.15) is 0 Å². The maximum absolute atomic E-state index is 13.2. The number of hydrogen-bond acceptors (Lipinski definition) is 9. The van der Waals surface area contributed by atoms with Crippen LogP contribution in [0.2, 0.25) is 0 Å². The normalized spacial score (nSPS) is 15.9. The molecule has 1 amide bonds.